The Labute approximate surface area is 126 Å². The fourth-order valence-electron chi connectivity index (χ4n) is 2.66. The first-order chi connectivity index (χ1) is 9.65. The van der Waals surface area contributed by atoms with Gasteiger partial charge in [-0.1, -0.05) is 23.7 Å². The van der Waals surface area contributed by atoms with E-state index in [1.54, 1.807) is 0 Å². The molecule has 1 unspecified atom stereocenters. The lowest BCUT2D eigenvalue weighted by Gasteiger charge is -2.29. The summed E-state index contributed by atoms with van der Waals surface area (Å²) in [5.41, 5.74) is 1.23. The first kappa shape index (κ1) is 15.8. The second-order valence-corrected chi connectivity index (χ2v) is 6.09. The van der Waals surface area contributed by atoms with Crippen LogP contribution in [0.4, 0.5) is 0 Å². The number of nitrogens with one attached hydrogen (secondary N) is 1. The Balaban J connectivity index is 1.63. The summed E-state index contributed by atoms with van der Waals surface area (Å²) in [6.45, 7) is 6.35. The van der Waals surface area contributed by atoms with E-state index in [0.29, 0.717) is 6.04 Å². The van der Waals surface area contributed by atoms with Crippen molar-refractivity contribution in [1.29, 1.82) is 0 Å². The number of rotatable bonds is 6. The normalized spacial score (nSPS) is 19.1. The Morgan fingerprint density at radius 2 is 2.15 bits per heavy atom. The molecule has 1 atom stereocenters. The summed E-state index contributed by atoms with van der Waals surface area (Å²) in [5.74, 6) is 0. The van der Waals surface area contributed by atoms with Crippen molar-refractivity contribution in [3.63, 3.8) is 0 Å². The van der Waals surface area contributed by atoms with Crippen LogP contribution in [0.3, 0.4) is 0 Å². The molecule has 1 aromatic rings. The minimum Gasteiger partial charge on any atom is -0.393 e. The van der Waals surface area contributed by atoms with Crippen molar-refractivity contribution in [3.05, 3.63) is 34.9 Å². The van der Waals surface area contributed by atoms with Crippen molar-refractivity contribution >= 4 is 11.6 Å². The van der Waals surface area contributed by atoms with Gasteiger partial charge in [-0.3, -0.25) is 0 Å². The third kappa shape index (κ3) is 5.06. The van der Waals surface area contributed by atoms with Crippen LogP contribution < -0.4 is 5.32 Å². The van der Waals surface area contributed by atoms with Gasteiger partial charge in [0.15, 0.2) is 0 Å². The van der Waals surface area contributed by atoms with Crippen molar-refractivity contribution < 1.29 is 5.11 Å². The molecule has 0 aliphatic carbocycles. The standard InChI is InChI=1S/C16H25ClN2O/c1-13(14-4-2-5-15(17)12-14)18-8-3-9-19-10-6-16(20)7-11-19/h2,4-5,12-13,16,18,20H,3,6-11H2,1H3. The van der Waals surface area contributed by atoms with E-state index in [9.17, 15) is 5.11 Å². The van der Waals surface area contributed by atoms with Gasteiger partial charge in [-0.25, -0.2) is 0 Å². The smallest absolute Gasteiger partial charge is 0.0564 e. The highest BCUT2D eigenvalue weighted by Gasteiger charge is 2.16. The van der Waals surface area contributed by atoms with Gasteiger partial charge < -0.3 is 15.3 Å². The number of benzene rings is 1. The van der Waals surface area contributed by atoms with E-state index in [4.69, 9.17) is 11.6 Å². The molecule has 0 saturated carbocycles. The molecule has 4 heteroatoms. The van der Waals surface area contributed by atoms with E-state index in [1.807, 2.05) is 18.2 Å². The fraction of sp³-hybridized carbons (Fsp3) is 0.625. The maximum Gasteiger partial charge on any atom is 0.0564 e. The molecule has 2 N–H and O–H groups in total. The quantitative estimate of drug-likeness (QED) is 0.793. The fourth-order valence-corrected chi connectivity index (χ4v) is 2.86. The lowest BCUT2D eigenvalue weighted by molar-refractivity contribution is 0.0820. The number of nitrogens with zero attached hydrogens (tertiary/aromatic N) is 1. The zero-order chi connectivity index (χ0) is 14.4. The van der Waals surface area contributed by atoms with Crippen LogP contribution in [0.1, 0.15) is 37.8 Å². The highest BCUT2D eigenvalue weighted by atomic mass is 35.5. The first-order valence-electron chi connectivity index (χ1n) is 7.54. The number of hydrogen-bond donors (Lipinski definition) is 2. The minimum atomic E-state index is -0.0766. The number of aliphatic hydroxyl groups excluding tert-OH is 1. The summed E-state index contributed by atoms with van der Waals surface area (Å²) in [5, 5.41) is 13.8. The number of likely N-dealkylation sites (tertiary alicyclic amines) is 1. The molecule has 112 valence electrons. The van der Waals surface area contributed by atoms with Gasteiger partial charge in [0.2, 0.25) is 0 Å². The Bertz CT molecular complexity index is 405. The Kier molecular flexibility index (Phi) is 6.30. The molecule has 1 aliphatic rings. The lowest BCUT2D eigenvalue weighted by Crippen LogP contribution is -2.37. The minimum absolute atomic E-state index is 0.0766. The maximum absolute atomic E-state index is 9.47. The molecule has 0 radical (unpaired) electrons. The highest BCUT2D eigenvalue weighted by molar-refractivity contribution is 6.30. The van der Waals surface area contributed by atoms with Crippen molar-refractivity contribution in [2.24, 2.45) is 0 Å². The summed E-state index contributed by atoms with van der Waals surface area (Å²) in [7, 11) is 0. The van der Waals surface area contributed by atoms with Crippen LogP contribution >= 0.6 is 11.6 Å². The molecule has 0 aromatic heterocycles. The van der Waals surface area contributed by atoms with Crippen LogP contribution in [0.25, 0.3) is 0 Å². The molecule has 20 heavy (non-hydrogen) atoms. The van der Waals surface area contributed by atoms with E-state index < -0.39 is 0 Å². The van der Waals surface area contributed by atoms with Crippen LogP contribution in [-0.2, 0) is 0 Å². The number of aliphatic hydroxyl groups is 1. The average molecular weight is 297 g/mol. The monoisotopic (exact) mass is 296 g/mol. The number of piperidine rings is 1. The van der Waals surface area contributed by atoms with Crippen molar-refractivity contribution in [3.8, 4) is 0 Å². The molecular formula is C16H25ClN2O. The van der Waals surface area contributed by atoms with Crippen LogP contribution in [-0.4, -0.2) is 42.3 Å². The van der Waals surface area contributed by atoms with E-state index in [2.05, 4.69) is 23.2 Å². The number of hydrogen-bond acceptors (Lipinski definition) is 3. The summed E-state index contributed by atoms with van der Waals surface area (Å²) < 4.78 is 0. The van der Waals surface area contributed by atoms with Crippen LogP contribution in [0.5, 0.6) is 0 Å². The summed E-state index contributed by atoms with van der Waals surface area (Å²) in [6, 6.07) is 8.36. The molecule has 0 amide bonds. The summed E-state index contributed by atoms with van der Waals surface area (Å²) in [4.78, 5) is 2.44. The zero-order valence-electron chi connectivity index (χ0n) is 12.2. The number of halogens is 1. The van der Waals surface area contributed by atoms with Gasteiger partial charge in [0, 0.05) is 24.2 Å². The molecule has 1 aliphatic heterocycles. The second-order valence-electron chi connectivity index (χ2n) is 5.66. The maximum atomic E-state index is 9.47. The van der Waals surface area contributed by atoms with Gasteiger partial charge in [-0.15, -0.1) is 0 Å². The van der Waals surface area contributed by atoms with E-state index in [1.165, 1.54) is 5.56 Å². The first-order valence-corrected chi connectivity index (χ1v) is 7.92. The zero-order valence-corrected chi connectivity index (χ0v) is 12.9. The SMILES string of the molecule is CC(NCCCN1CCC(O)CC1)c1cccc(Cl)c1. The lowest BCUT2D eigenvalue weighted by atomic mass is 10.1. The van der Waals surface area contributed by atoms with Crippen molar-refractivity contribution in [1.82, 2.24) is 10.2 Å². The molecule has 3 nitrogen and oxygen atoms in total. The van der Waals surface area contributed by atoms with Gasteiger partial charge in [0.1, 0.15) is 0 Å². The largest absolute Gasteiger partial charge is 0.393 e. The van der Waals surface area contributed by atoms with Crippen LogP contribution in [0, 0.1) is 0 Å². The summed E-state index contributed by atoms with van der Waals surface area (Å²) in [6.07, 6.45) is 2.91. The molecule has 1 aromatic carbocycles. The Hall–Kier alpha value is -0.610. The van der Waals surface area contributed by atoms with E-state index >= 15 is 0 Å². The molecular weight excluding hydrogens is 272 g/mol. The average Bonchev–Trinajstić information content (AvgIpc) is 2.45. The Morgan fingerprint density at radius 1 is 1.40 bits per heavy atom. The second kappa shape index (κ2) is 7.99. The molecule has 1 saturated heterocycles. The molecule has 1 heterocycles. The van der Waals surface area contributed by atoms with Crippen LogP contribution in [0.2, 0.25) is 5.02 Å². The third-order valence-electron chi connectivity index (χ3n) is 4.01. The summed E-state index contributed by atoms with van der Waals surface area (Å²) >= 11 is 6.01. The van der Waals surface area contributed by atoms with Crippen molar-refractivity contribution in [2.45, 2.75) is 38.3 Å². The van der Waals surface area contributed by atoms with Gasteiger partial charge in [0.05, 0.1) is 6.10 Å². The van der Waals surface area contributed by atoms with Crippen molar-refractivity contribution in [2.75, 3.05) is 26.2 Å². The molecule has 0 spiro atoms. The van der Waals surface area contributed by atoms with Gasteiger partial charge >= 0.3 is 0 Å². The van der Waals surface area contributed by atoms with Gasteiger partial charge in [-0.05, 0) is 57.0 Å². The van der Waals surface area contributed by atoms with E-state index in [-0.39, 0.29) is 6.10 Å². The Morgan fingerprint density at radius 3 is 2.85 bits per heavy atom. The molecule has 1 fully saturated rings. The van der Waals surface area contributed by atoms with Crippen LogP contribution in [0.15, 0.2) is 24.3 Å². The molecule has 2 rings (SSSR count). The molecule has 0 bridgehead atoms. The topological polar surface area (TPSA) is 35.5 Å². The van der Waals surface area contributed by atoms with E-state index in [0.717, 1.165) is 50.5 Å². The van der Waals surface area contributed by atoms with Gasteiger partial charge in [-0.2, -0.15) is 0 Å². The predicted molar refractivity (Wildman–Crippen MR) is 84.2 cm³/mol. The predicted octanol–water partition coefficient (Wildman–Crippen LogP) is 2.84. The van der Waals surface area contributed by atoms with Gasteiger partial charge in [0.25, 0.3) is 0 Å². The third-order valence-corrected chi connectivity index (χ3v) is 4.24. The highest BCUT2D eigenvalue weighted by Crippen LogP contribution is 2.17.